The Hall–Kier alpha value is -1.61. The van der Waals surface area contributed by atoms with Gasteiger partial charge in [0.25, 0.3) is 0 Å². The number of nitrogens with zero attached hydrogens (tertiary/aromatic N) is 1. The van der Waals surface area contributed by atoms with Crippen molar-refractivity contribution in [1.82, 2.24) is 4.90 Å². The molecule has 0 aliphatic heterocycles. The molecule has 1 amide bonds. The molecule has 1 rings (SSSR count). The van der Waals surface area contributed by atoms with E-state index in [0.717, 1.165) is 17.6 Å². The maximum absolute atomic E-state index is 12.2. The predicted molar refractivity (Wildman–Crippen MR) is 75.0 cm³/mol. The highest BCUT2D eigenvalue weighted by Crippen LogP contribution is 2.08. The van der Waals surface area contributed by atoms with E-state index in [9.17, 15) is 4.79 Å². The van der Waals surface area contributed by atoms with Crippen molar-refractivity contribution in [2.45, 2.75) is 26.8 Å². The van der Waals surface area contributed by atoms with Gasteiger partial charge in [0.15, 0.2) is 0 Å². The quantitative estimate of drug-likeness (QED) is 0.783. The van der Waals surface area contributed by atoms with Gasteiger partial charge in [-0.2, -0.15) is 0 Å². The predicted octanol–water partition coefficient (Wildman–Crippen LogP) is 2.33. The highest BCUT2D eigenvalue weighted by Gasteiger charge is 2.14. The number of rotatable bonds is 6. The summed E-state index contributed by atoms with van der Waals surface area (Å²) in [5.41, 5.74) is 7.50. The molecule has 0 fully saturated rings. The lowest BCUT2D eigenvalue weighted by molar-refractivity contribution is -0.127. The fourth-order valence-electron chi connectivity index (χ4n) is 1.85. The molecule has 98 valence electrons. The molecule has 0 aromatic heterocycles. The van der Waals surface area contributed by atoms with E-state index in [-0.39, 0.29) is 5.91 Å². The molecule has 0 saturated carbocycles. The molecule has 0 aliphatic carbocycles. The summed E-state index contributed by atoms with van der Waals surface area (Å²) in [6.07, 6.45) is 2.83. The summed E-state index contributed by atoms with van der Waals surface area (Å²) in [6.45, 7) is 5.58. The van der Waals surface area contributed by atoms with Crippen LogP contribution in [-0.4, -0.2) is 23.9 Å². The smallest absolute Gasteiger partial charge is 0.249 e. The Kier molecular flexibility index (Phi) is 6.15. The third-order valence-corrected chi connectivity index (χ3v) is 2.75. The molecule has 2 N–H and O–H groups in total. The van der Waals surface area contributed by atoms with Gasteiger partial charge >= 0.3 is 0 Å². The Morgan fingerprint density at radius 2 is 2.00 bits per heavy atom. The Morgan fingerprint density at radius 3 is 2.56 bits per heavy atom. The van der Waals surface area contributed by atoms with Crippen molar-refractivity contribution < 1.29 is 4.79 Å². The minimum absolute atomic E-state index is 0.0751. The third-order valence-electron chi connectivity index (χ3n) is 2.75. The second-order valence-corrected chi connectivity index (χ2v) is 4.30. The molecule has 0 unspecified atom stereocenters. The van der Waals surface area contributed by atoms with Gasteiger partial charge < -0.3 is 10.6 Å². The van der Waals surface area contributed by atoms with Crippen molar-refractivity contribution in [1.29, 1.82) is 0 Å². The number of hydrogen-bond acceptors (Lipinski definition) is 2. The molecule has 0 heterocycles. The first kappa shape index (κ1) is 14.5. The van der Waals surface area contributed by atoms with Crippen molar-refractivity contribution in [3.63, 3.8) is 0 Å². The number of carbonyl (C=O) groups excluding carboxylic acids is 1. The van der Waals surface area contributed by atoms with E-state index < -0.39 is 0 Å². The maximum Gasteiger partial charge on any atom is 0.249 e. The zero-order valence-electron chi connectivity index (χ0n) is 11.2. The number of allylic oxidation sites excluding steroid dienone is 1. The number of hydrogen-bond donors (Lipinski definition) is 1. The first-order valence-electron chi connectivity index (χ1n) is 6.39. The van der Waals surface area contributed by atoms with E-state index in [0.29, 0.717) is 19.6 Å². The van der Waals surface area contributed by atoms with E-state index in [4.69, 9.17) is 5.73 Å². The average molecular weight is 246 g/mol. The summed E-state index contributed by atoms with van der Waals surface area (Å²) in [6, 6.07) is 9.98. The summed E-state index contributed by atoms with van der Waals surface area (Å²) in [4.78, 5) is 14.0. The Bertz CT molecular complexity index is 398. The van der Waals surface area contributed by atoms with Crippen LogP contribution in [0.1, 0.15) is 25.8 Å². The SMILES string of the molecule is CC/C=C(/C)C(=O)N(CCN)Cc1ccccc1. The number of carbonyl (C=O) groups is 1. The van der Waals surface area contributed by atoms with Crippen molar-refractivity contribution in [3.8, 4) is 0 Å². The summed E-state index contributed by atoms with van der Waals surface area (Å²) in [5.74, 6) is 0.0751. The second kappa shape index (κ2) is 7.67. The standard InChI is InChI=1S/C15H22N2O/c1-3-7-13(2)15(18)17(11-10-16)12-14-8-5-4-6-9-14/h4-9H,3,10-12,16H2,1-2H3/b13-7-. The van der Waals surface area contributed by atoms with Gasteiger partial charge in [-0.3, -0.25) is 4.79 Å². The van der Waals surface area contributed by atoms with Gasteiger partial charge in [-0.15, -0.1) is 0 Å². The van der Waals surface area contributed by atoms with E-state index in [1.54, 1.807) is 4.90 Å². The summed E-state index contributed by atoms with van der Waals surface area (Å²) < 4.78 is 0. The molecule has 1 aromatic rings. The molecule has 0 radical (unpaired) electrons. The van der Waals surface area contributed by atoms with Gasteiger partial charge in [0, 0.05) is 25.2 Å². The van der Waals surface area contributed by atoms with Crippen molar-refractivity contribution in [3.05, 3.63) is 47.5 Å². The maximum atomic E-state index is 12.2. The van der Waals surface area contributed by atoms with Crippen LogP contribution >= 0.6 is 0 Å². The largest absolute Gasteiger partial charge is 0.333 e. The van der Waals surface area contributed by atoms with Crippen LogP contribution in [0.5, 0.6) is 0 Å². The fourth-order valence-corrected chi connectivity index (χ4v) is 1.85. The fraction of sp³-hybridized carbons (Fsp3) is 0.400. The third kappa shape index (κ3) is 4.34. The zero-order chi connectivity index (χ0) is 13.4. The molecular formula is C15H22N2O. The number of nitrogens with two attached hydrogens (primary N) is 1. The van der Waals surface area contributed by atoms with Crippen LogP contribution in [-0.2, 0) is 11.3 Å². The normalized spacial score (nSPS) is 11.4. The Labute approximate surface area is 109 Å². The van der Waals surface area contributed by atoms with Crippen LogP contribution in [0.15, 0.2) is 42.0 Å². The van der Waals surface area contributed by atoms with Gasteiger partial charge in [-0.25, -0.2) is 0 Å². The highest BCUT2D eigenvalue weighted by atomic mass is 16.2. The zero-order valence-corrected chi connectivity index (χ0v) is 11.2. The summed E-state index contributed by atoms with van der Waals surface area (Å²) >= 11 is 0. The van der Waals surface area contributed by atoms with Gasteiger partial charge in [0.05, 0.1) is 0 Å². The second-order valence-electron chi connectivity index (χ2n) is 4.30. The summed E-state index contributed by atoms with van der Waals surface area (Å²) in [7, 11) is 0. The highest BCUT2D eigenvalue weighted by molar-refractivity contribution is 5.92. The van der Waals surface area contributed by atoms with Gasteiger partial charge in [0.1, 0.15) is 0 Å². The van der Waals surface area contributed by atoms with Crippen LogP contribution < -0.4 is 5.73 Å². The van der Waals surface area contributed by atoms with E-state index >= 15 is 0 Å². The lowest BCUT2D eigenvalue weighted by Gasteiger charge is -2.22. The first-order valence-corrected chi connectivity index (χ1v) is 6.39. The van der Waals surface area contributed by atoms with Gasteiger partial charge in [0.2, 0.25) is 5.91 Å². The molecule has 0 saturated heterocycles. The van der Waals surface area contributed by atoms with Crippen LogP contribution in [0.3, 0.4) is 0 Å². The topological polar surface area (TPSA) is 46.3 Å². The summed E-state index contributed by atoms with van der Waals surface area (Å²) in [5, 5.41) is 0. The minimum Gasteiger partial charge on any atom is -0.333 e. The van der Waals surface area contributed by atoms with Crippen LogP contribution in [0.25, 0.3) is 0 Å². The lowest BCUT2D eigenvalue weighted by atomic mass is 10.1. The number of amides is 1. The molecule has 0 atom stereocenters. The van der Waals surface area contributed by atoms with Crippen molar-refractivity contribution in [2.24, 2.45) is 5.73 Å². The molecule has 18 heavy (non-hydrogen) atoms. The van der Waals surface area contributed by atoms with Gasteiger partial charge in [-0.1, -0.05) is 43.3 Å². The van der Waals surface area contributed by atoms with E-state index in [1.807, 2.05) is 50.3 Å². The molecule has 3 nitrogen and oxygen atoms in total. The Balaban J connectivity index is 2.77. The lowest BCUT2D eigenvalue weighted by Crippen LogP contribution is -2.35. The van der Waals surface area contributed by atoms with Crippen LogP contribution in [0, 0.1) is 0 Å². The monoisotopic (exact) mass is 246 g/mol. The van der Waals surface area contributed by atoms with Gasteiger partial charge in [-0.05, 0) is 18.9 Å². The molecule has 0 aliphatic rings. The molecule has 0 bridgehead atoms. The van der Waals surface area contributed by atoms with Crippen LogP contribution in [0.2, 0.25) is 0 Å². The van der Waals surface area contributed by atoms with Crippen molar-refractivity contribution >= 4 is 5.91 Å². The molecule has 3 heteroatoms. The Morgan fingerprint density at radius 1 is 1.33 bits per heavy atom. The molecule has 1 aromatic carbocycles. The van der Waals surface area contributed by atoms with Crippen LogP contribution in [0.4, 0.5) is 0 Å². The van der Waals surface area contributed by atoms with Crippen molar-refractivity contribution in [2.75, 3.05) is 13.1 Å². The van der Waals surface area contributed by atoms with E-state index in [2.05, 4.69) is 0 Å². The molecular weight excluding hydrogens is 224 g/mol. The number of benzene rings is 1. The van der Waals surface area contributed by atoms with E-state index in [1.165, 1.54) is 0 Å². The first-order chi connectivity index (χ1) is 8.69. The average Bonchev–Trinajstić information content (AvgIpc) is 2.39. The minimum atomic E-state index is 0.0751. The molecule has 0 spiro atoms.